The largest absolute Gasteiger partial charge is 0.388 e. The highest BCUT2D eigenvalue weighted by Crippen LogP contribution is 2.03. The maximum absolute atomic E-state index is 10.7. The zero-order valence-electron chi connectivity index (χ0n) is 8.28. The lowest BCUT2D eigenvalue weighted by Crippen LogP contribution is -2.49. The van der Waals surface area contributed by atoms with Crippen LogP contribution in [-0.2, 0) is 9.59 Å². The summed E-state index contributed by atoms with van der Waals surface area (Å²) in [5, 5.41) is 38.7. The lowest BCUT2D eigenvalue weighted by molar-refractivity contribution is -0.134. The predicted octanol–water partition coefficient (Wildman–Crippen LogP) is -3.02. The number of aliphatic hydroxyl groups excluding tert-OH is 4. The van der Waals surface area contributed by atoms with Crippen molar-refractivity contribution in [1.82, 2.24) is 5.32 Å². The van der Waals surface area contributed by atoms with Crippen LogP contribution < -0.4 is 5.32 Å². The molecule has 0 unspecified atom stereocenters. The standard InChI is InChI=1S/C8H14ClNO6/c9-1-6(14)10-2-4(12)7(15)8(16)5(13)3-11/h3-5,7-8,12-13,15-16H,1-2H2,(H,10,14)/t4-,5+,7+,8-/m1/s1. The molecule has 0 bridgehead atoms. The third-order valence-corrected chi connectivity index (χ3v) is 2.11. The highest BCUT2D eigenvalue weighted by Gasteiger charge is 2.30. The number of amides is 1. The lowest BCUT2D eigenvalue weighted by atomic mass is 10.0. The van der Waals surface area contributed by atoms with Crippen LogP contribution in [0.15, 0.2) is 0 Å². The summed E-state index contributed by atoms with van der Waals surface area (Å²) in [6.45, 7) is -0.352. The normalized spacial score (nSPS) is 18.3. The van der Waals surface area contributed by atoms with E-state index in [0.29, 0.717) is 0 Å². The second-order valence-electron chi connectivity index (χ2n) is 3.11. The van der Waals surface area contributed by atoms with Crippen molar-refractivity contribution in [2.75, 3.05) is 12.4 Å². The fourth-order valence-electron chi connectivity index (χ4n) is 0.897. The molecule has 0 radical (unpaired) electrons. The van der Waals surface area contributed by atoms with Crippen molar-refractivity contribution in [2.45, 2.75) is 24.4 Å². The van der Waals surface area contributed by atoms with Gasteiger partial charge in [-0.3, -0.25) is 4.79 Å². The van der Waals surface area contributed by atoms with E-state index in [2.05, 4.69) is 5.32 Å². The number of carbonyl (C=O) groups is 2. The number of hydrogen-bond acceptors (Lipinski definition) is 6. The van der Waals surface area contributed by atoms with Gasteiger partial charge in [0.05, 0.1) is 6.10 Å². The van der Waals surface area contributed by atoms with Crippen molar-refractivity contribution in [3.8, 4) is 0 Å². The summed E-state index contributed by atoms with van der Waals surface area (Å²) in [5.74, 6) is -0.860. The Kier molecular flexibility index (Phi) is 7.18. The van der Waals surface area contributed by atoms with E-state index in [1.165, 1.54) is 0 Å². The van der Waals surface area contributed by atoms with Gasteiger partial charge >= 0.3 is 0 Å². The van der Waals surface area contributed by atoms with Crippen LogP contribution in [0.1, 0.15) is 0 Å². The van der Waals surface area contributed by atoms with Gasteiger partial charge in [-0.2, -0.15) is 0 Å². The van der Waals surface area contributed by atoms with E-state index in [1.54, 1.807) is 0 Å². The van der Waals surface area contributed by atoms with E-state index in [0.717, 1.165) is 0 Å². The van der Waals surface area contributed by atoms with Crippen molar-refractivity contribution in [1.29, 1.82) is 0 Å². The molecular weight excluding hydrogens is 242 g/mol. The second-order valence-corrected chi connectivity index (χ2v) is 3.38. The average Bonchev–Trinajstić information content (AvgIpc) is 2.32. The number of carbonyl (C=O) groups excluding carboxylic acids is 2. The van der Waals surface area contributed by atoms with E-state index < -0.39 is 30.3 Å². The summed E-state index contributed by atoms with van der Waals surface area (Å²) >= 11 is 5.16. The van der Waals surface area contributed by atoms with Gasteiger partial charge in [0, 0.05) is 6.54 Å². The Labute approximate surface area is 96.6 Å². The van der Waals surface area contributed by atoms with E-state index in [4.69, 9.17) is 21.8 Å². The molecule has 94 valence electrons. The van der Waals surface area contributed by atoms with Crippen molar-refractivity contribution in [2.24, 2.45) is 0 Å². The van der Waals surface area contributed by atoms with Gasteiger partial charge < -0.3 is 30.5 Å². The fraction of sp³-hybridized carbons (Fsp3) is 0.750. The molecule has 4 atom stereocenters. The third-order valence-electron chi connectivity index (χ3n) is 1.86. The van der Waals surface area contributed by atoms with Gasteiger partial charge in [0.2, 0.25) is 5.91 Å². The molecule has 1 amide bonds. The minimum Gasteiger partial charge on any atom is -0.388 e. The van der Waals surface area contributed by atoms with E-state index >= 15 is 0 Å². The first-order valence-electron chi connectivity index (χ1n) is 4.44. The topological polar surface area (TPSA) is 127 Å². The minimum absolute atomic E-state index is 0.0257. The molecule has 5 N–H and O–H groups in total. The quantitative estimate of drug-likeness (QED) is 0.243. The fourth-order valence-corrected chi connectivity index (χ4v) is 0.991. The monoisotopic (exact) mass is 255 g/mol. The molecule has 0 aromatic carbocycles. The van der Waals surface area contributed by atoms with Gasteiger partial charge in [-0.15, -0.1) is 11.6 Å². The molecule has 16 heavy (non-hydrogen) atoms. The van der Waals surface area contributed by atoms with Gasteiger partial charge in [0.15, 0.2) is 6.29 Å². The first-order valence-corrected chi connectivity index (χ1v) is 4.97. The Morgan fingerprint density at radius 3 is 2.25 bits per heavy atom. The number of rotatable bonds is 7. The summed E-state index contributed by atoms with van der Waals surface area (Å²) in [6, 6.07) is 0. The third kappa shape index (κ3) is 4.86. The maximum atomic E-state index is 10.7. The number of hydrogen-bond donors (Lipinski definition) is 5. The van der Waals surface area contributed by atoms with Crippen LogP contribution in [0.5, 0.6) is 0 Å². The lowest BCUT2D eigenvalue weighted by Gasteiger charge is -2.24. The van der Waals surface area contributed by atoms with Crippen LogP contribution in [-0.4, -0.2) is 69.5 Å². The van der Waals surface area contributed by atoms with Gasteiger partial charge in [0.25, 0.3) is 0 Å². The molecule has 0 aliphatic rings. The van der Waals surface area contributed by atoms with Crippen molar-refractivity contribution in [3.05, 3.63) is 0 Å². The van der Waals surface area contributed by atoms with Gasteiger partial charge in [-0.25, -0.2) is 0 Å². The molecule has 0 saturated carbocycles. The summed E-state index contributed by atoms with van der Waals surface area (Å²) in [5.41, 5.74) is 0. The minimum atomic E-state index is -1.82. The maximum Gasteiger partial charge on any atom is 0.235 e. The van der Waals surface area contributed by atoms with Crippen LogP contribution >= 0.6 is 11.6 Å². The molecule has 0 fully saturated rings. The van der Waals surface area contributed by atoms with Crippen LogP contribution in [0, 0.1) is 0 Å². The summed E-state index contributed by atoms with van der Waals surface area (Å²) in [4.78, 5) is 20.8. The average molecular weight is 256 g/mol. The highest BCUT2D eigenvalue weighted by molar-refractivity contribution is 6.27. The molecule has 0 aromatic heterocycles. The molecule has 0 saturated heterocycles. The van der Waals surface area contributed by atoms with Crippen LogP contribution in [0.3, 0.4) is 0 Å². The van der Waals surface area contributed by atoms with Gasteiger partial charge in [-0.05, 0) is 0 Å². The first-order chi connectivity index (χ1) is 7.43. The van der Waals surface area contributed by atoms with E-state index in [9.17, 15) is 19.8 Å². The van der Waals surface area contributed by atoms with Crippen molar-refractivity contribution < 1.29 is 30.0 Å². The van der Waals surface area contributed by atoms with E-state index in [1.807, 2.05) is 0 Å². The number of nitrogens with one attached hydrogen (secondary N) is 1. The SMILES string of the molecule is O=C[C@H](O)[C@@H](O)[C@@H](O)[C@H](O)CNC(=O)CCl. The smallest absolute Gasteiger partial charge is 0.235 e. The Morgan fingerprint density at radius 2 is 1.81 bits per heavy atom. The summed E-state index contributed by atoms with van der Waals surface area (Å²) in [6.07, 6.45) is -6.86. The highest BCUT2D eigenvalue weighted by atomic mass is 35.5. The first kappa shape index (κ1) is 15.3. The molecule has 0 aromatic rings. The molecular formula is C8H14ClNO6. The number of halogens is 1. The van der Waals surface area contributed by atoms with Gasteiger partial charge in [0.1, 0.15) is 24.2 Å². The molecule has 0 heterocycles. The second kappa shape index (κ2) is 7.53. The number of aliphatic hydroxyl groups is 4. The van der Waals surface area contributed by atoms with Crippen LogP contribution in [0.25, 0.3) is 0 Å². The van der Waals surface area contributed by atoms with E-state index in [-0.39, 0.29) is 18.7 Å². The Balaban J connectivity index is 4.11. The van der Waals surface area contributed by atoms with Crippen LogP contribution in [0.2, 0.25) is 0 Å². The Morgan fingerprint density at radius 1 is 1.25 bits per heavy atom. The molecule has 0 aliphatic carbocycles. The molecule has 0 rings (SSSR count). The van der Waals surface area contributed by atoms with Gasteiger partial charge in [-0.1, -0.05) is 0 Å². The Bertz CT molecular complexity index is 239. The van der Waals surface area contributed by atoms with Crippen molar-refractivity contribution >= 4 is 23.8 Å². The van der Waals surface area contributed by atoms with Crippen molar-refractivity contribution in [3.63, 3.8) is 0 Å². The summed E-state index contributed by atoms with van der Waals surface area (Å²) < 4.78 is 0. The Hall–Kier alpha value is -0.730. The zero-order valence-corrected chi connectivity index (χ0v) is 9.04. The summed E-state index contributed by atoms with van der Waals surface area (Å²) in [7, 11) is 0. The zero-order chi connectivity index (χ0) is 12.7. The molecule has 0 spiro atoms. The number of alkyl halides is 1. The molecule has 8 heteroatoms. The molecule has 7 nitrogen and oxygen atoms in total. The predicted molar refractivity (Wildman–Crippen MR) is 53.8 cm³/mol. The van der Waals surface area contributed by atoms with Crippen LogP contribution in [0.4, 0.5) is 0 Å². The number of aldehydes is 1. The molecule has 0 aliphatic heterocycles.